The fourth-order valence-corrected chi connectivity index (χ4v) is 4.18. The van der Waals surface area contributed by atoms with Crippen LogP contribution in [0.15, 0.2) is 54.6 Å². The molecular weight excluding hydrogens is 381 g/mol. The molecule has 1 saturated heterocycles. The number of pyridine rings is 1. The number of carbonyl (C=O) groups is 1. The summed E-state index contributed by atoms with van der Waals surface area (Å²) in [5.74, 6) is -0.486. The monoisotopic (exact) mass is 407 g/mol. The smallest absolute Gasteiger partial charge is 0.231 e. The lowest BCUT2D eigenvalue weighted by Gasteiger charge is -2.36. The minimum atomic E-state index is -0.885. The van der Waals surface area contributed by atoms with Gasteiger partial charge in [-0.1, -0.05) is 36.4 Å². The van der Waals surface area contributed by atoms with E-state index in [0.717, 1.165) is 22.3 Å². The summed E-state index contributed by atoms with van der Waals surface area (Å²) in [6, 6.07) is 16.5. The van der Waals surface area contributed by atoms with E-state index in [1.54, 1.807) is 18.2 Å². The van der Waals surface area contributed by atoms with Crippen LogP contribution < -0.4 is 10.6 Å². The van der Waals surface area contributed by atoms with Crippen molar-refractivity contribution in [1.29, 1.82) is 0 Å². The Labute approximate surface area is 175 Å². The molecule has 2 aromatic carbocycles. The molecule has 0 spiro atoms. The summed E-state index contributed by atoms with van der Waals surface area (Å²) in [4.78, 5) is 17.7. The molecule has 4 rings (SSSR count). The van der Waals surface area contributed by atoms with Gasteiger partial charge in [0.1, 0.15) is 5.82 Å². The number of aryl methyl sites for hydroxylation is 1. The maximum Gasteiger partial charge on any atom is 0.231 e. The van der Waals surface area contributed by atoms with Gasteiger partial charge >= 0.3 is 0 Å². The third-order valence-corrected chi connectivity index (χ3v) is 5.74. The van der Waals surface area contributed by atoms with Gasteiger partial charge in [-0.25, -0.2) is 4.39 Å². The van der Waals surface area contributed by atoms with Crippen molar-refractivity contribution >= 4 is 22.5 Å². The third kappa shape index (κ3) is 4.00. The van der Waals surface area contributed by atoms with Crippen LogP contribution >= 0.6 is 0 Å². The first-order valence-corrected chi connectivity index (χ1v) is 10.3. The number of para-hydroxylation sites is 1. The van der Waals surface area contributed by atoms with Crippen molar-refractivity contribution in [1.82, 2.24) is 10.3 Å². The second kappa shape index (κ2) is 8.79. The molecule has 0 bridgehead atoms. The number of fused-ring (bicyclic) bond motifs is 1. The number of benzene rings is 2. The molecule has 0 radical (unpaired) electrons. The van der Waals surface area contributed by atoms with Gasteiger partial charge in [0, 0.05) is 48.6 Å². The van der Waals surface area contributed by atoms with E-state index in [0.29, 0.717) is 44.7 Å². The SMILES string of the molecule is Cc1cc(NCCNC(=O)C2(c3ccccc3F)CCOCC2)c2ccccc2n1. The summed E-state index contributed by atoms with van der Waals surface area (Å²) in [7, 11) is 0. The Morgan fingerprint density at radius 3 is 2.63 bits per heavy atom. The number of nitrogens with zero attached hydrogens (tertiary/aromatic N) is 1. The Kier molecular flexibility index (Phi) is 5.95. The fourth-order valence-electron chi connectivity index (χ4n) is 4.18. The van der Waals surface area contributed by atoms with E-state index in [1.165, 1.54) is 6.07 Å². The zero-order chi connectivity index (χ0) is 21.0. The highest BCUT2D eigenvalue weighted by Gasteiger charge is 2.43. The second-order valence-corrected chi connectivity index (χ2v) is 7.69. The van der Waals surface area contributed by atoms with Crippen LogP contribution in [0.4, 0.5) is 10.1 Å². The number of hydrogen-bond acceptors (Lipinski definition) is 4. The van der Waals surface area contributed by atoms with Crippen molar-refractivity contribution in [3.63, 3.8) is 0 Å². The van der Waals surface area contributed by atoms with Crippen LogP contribution in [-0.2, 0) is 14.9 Å². The molecule has 1 fully saturated rings. The van der Waals surface area contributed by atoms with E-state index < -0.39 is 5.41 Å². The zero-order valence-corrected chi connectivity index (χ0v) is 17.1. The lowest BCUT2D eigenvalue weighted by Crippen LogP contribution is -2.49. The van der Waals surface area contributed by atoms with Gasteiger partial charge in [0.15, 0.2) is 0 Å². The van der Waals surface area contributed by atoms with E-state index >= 15 is 0 Å². The molecule has 2 heterocycles. The van der Waals surface area contributed by atoms with Crippen molar-refractivity contribution in [2.75, 3.05) is 31.6 Å². The number of amides is 1. The van der Waals surface area contributed by atoms with Gasteiger partial charge in [0.2, 0.25) is 5.91 Å². The van der Waals surface area contributed by atoms with E-state index in [-0.39, 0.29) is 11.7 Å². The number of rotatable bonds is 6. The number of aromatic nitrogens is 1. The van der Waals surface area contributed by atoms with E-state index in [1.807, 2.05) is 37.3 Å². The third-order valence-electron chi connectivity index (χ3n) is 5.74. The maximum absolute atomic E-state index is 14.5. The molecule has 0 aliphatic carbocycles. The molecule has 6 heteroatoms. The van der Waals surface area contributed by atoms with Crippen LogP contribution in [0, 0.1) is 12.7 Å². The van der Waals surface area contributed by atoms with Crippen LogP contribution in [-0.4, -0.2) is 37.2 Å². The molecule has 0 saturated carbocycles. The minimum Gasteiger partial charge on any atom is -0.383 e. The molecule has 1 aliphatic rings. The van der Waals surface area contributed by atoms with Crippen molar-refractivity contribution in [2.45, 2.75) is 25.2 Å². The van der Waals surface area contributed by atoms with Gasteiger partial charge in [0.25, 0.3) is 0 Å². The Morgan fingerprint density at radius 2 is 1.83 bits per heavy atom. The van der Waals surface area contributed by atoms with Crippen molar-refractivity contribution in [3.8, 4) is 0 Å². The lowest BCUT2D eigenvalue weighted by molar-refractivity contribution is -0.130. The normalized spacial score (nSPS) is 15.7. The summed E-state index contributed by atoms with van der Waals surface area (Å²) in [5.41, 5.74) is 2.42. The average molecular weight is 407 g/mol. The first kappa shape index (κ1) is 20.3. The van der Waals surface area contributed by atoms with Gasteiger partial charge < -0.3 is 15.4 Å². The number of ether oxygens (including phenoxy) is 1. The fraction of sp³-hybridized carbons (Fsp3) is 0.333. The molecule has 1 aliphatic heterocycles. The highest BCUT2D eigenvalue weighted by atomic mass is 19.1. The van der Waals surface area contributed by atoms with Crippen LogP contribution in [0.25, 0.3) is 10.9 Å². The number of halogens is 1. The first-order chi connectivity index (χ1) is 14.6. The topological polar surface area (TPSA) is 63.2 Å². The largest absolute Gasteiger partial charge is 0.383 e. The second-order valence-electron chi connectivity index (χ2n) is 7.69. The highest BCUT2D eigenvalue weighted by Crippen LogP contribution is 2.36. The Balaban J connectivity index is 1.44. The highest BCUT2D eigenvalue weighted by molar-refractivity contribution is 5.91. The molecule has 5 nitrogen and oxygen atoms in total. The molecule has 156 valence electrons. The van der Waals surface area contributed by atoms with E-state index in [4.69, 9.17) is 4.74 Å². The molecule has 0 atom stereocenters. The van der Waals surface area contributed by atoms with Crippen LogP contribution in [0.2, 0.25) is 0 Å². The molecular formula is C24H26FN3O2. The average Bonchev–Trinajstić information content (AvgIpc) is 2.77. The summed E-state index contributed by atoms with van der Waals surface area (Å²) in [6.45, 7) is 3.85. The van der Waals surface area contributed by atoms with Crippen molar-refractivity contribution in [2.24, 2.45) is 0 Å². The molecule has 1 amide bonds. The Hall–Kier alpha value is -2.99. The van der Waals surface area contributed by atoms with Gasteiger partial charge in [-0.3, -0.25) is 9.78 Å². The standard InChI is InChI=1S/C24H26FN3O2/c1-17-16-22(18-6-2-5-9-21(18)28-17)26-12-13-27-23(29)24(10-14-30-15-11-24)19-7-3-4-8-20(19)25/h2-9,16H,10-15H2,1H3,(H,26,28)(H,27,29). The van der Waals surface area contributed by atoms with Crippen molar-refractivity contribution < 1.29 is 13.9 Å². The summed E-state index contributed by atoms with van der Waals surface area (Å²) in [6.07, 6.45) is 0.947. The summed E-state index contributed by atoms with van der Waals surface area (Å²) < 4.78 is 20.0. The molecule has 30 heavy (non-hydrogen) atoms. The molecule has 0 unspecified atom stereocenters. The van der Waals surface area contributed by atoms with E-state index in [2.05, 4.69) is 15.6 Å². The maximum atomic E-state index is 14.5. The van der Waals surface area contributed by atoms with Gasteiger partial charge in [0.05, 0.1) is 10.9 Å². The van der Waals surface area contributed by atoms with Crippen LogP contribution in [0.5, 0.6) is 0 Å². The number of carbonyl (C=O) groups excluding carboxylic acids is 1. The number of anilines is 1. The Bertz CT molecular complexity index is 1050. The van der Waals surface area contributed by atoms with Crippen LogP contribution in [0.3, 0.4) is 0 Å². The summed E-state index contributed by atoms with van der Waals surface area (Å²) in [5, 5.41) is 7.45. The van der Waals surface area contributed by atoms with Crippen LogP contribution in [0.1, 0.15) is 24.1 Å². The van der Waals surface area contributed by atoms with Crippen molar-refractivity contribution in [3.05, 3.63) is 71.7 Å². The molecule has 3 aromatic rings. The van der Waals surface area contributed by atoms with Gasteiger partial charge in [-0.15, -0.1) is 0 Å². The van der Waals surface area contributed by atoms with E-state index in [9.17, 15) is 9.18 Å². The van der Waals surface area contributed by atoms with Gasteiger partial charge in [-0.2, -0.15) is 0 Å². The number of nitrogens with one attached hydrogen (secondary N) is 2. The molecule has 1 aromatic heterocycles. The summed E-state index contributed by atoms with van der Waals surface area (Å²) >= 11 is 0. The lowest BCUT2D eigenvalue weighted by atomic mass is 9.73. The predicted molar refractivity (Wildman–Crippen MR) is 116 cm³/mol. The van der Waals surface area contributed by atoms with Gasteiger partial charge in [-0.05, 0) is 38.0 Å². The predicted octanol–water partition coefficient (Wildman–Crippen LogP) is 3.96. The minimum absolute atomic E-state index is 0.145. The Morgan fingerprint density at radius 1 is 1.10 bits per heavy atom. The quantitative estimate of drug-likeness (QED) is 0.607. The zero-order valence-electron chi connectivity index (χ0n) is 17.1. The molecule has 2 N–H and O–H groups in total. The number of hydrogen-bond donors (Lipinski definition) is 2. The first-order valence-electron chi connectivity index (χ1n) is 10.3.